The molecule has 0 N–H and O–H groups in total. The van der Waals surface area contributed by atoms with Gasteiger partial charge < -0.3 is 9.64 Å². The van der Waals surface area contributed by atoms with E-state index < -0.39 is 0 Å². The molecule has 1 fully saturated rings. The Kier molecular flexibility index (Phi) is 2.57. The summed E-state index contributed by atoms with van der Waals surface area (Å²) in [5.74, 6) is 1.11. The Labute approximate surface area is 118 Å². The van der Waals surface area contributed by atoms with Crippen LogP contribution in [0.2, 0.25) is 0 Å². The molecule has 2 atom stereocenters. The SMILES string of the molecule is C[C@@H]1CN(C2=Nc3cccc4cccc2c34)C[C@H](C)O1. The summed E-state index contributed by atoms with van der Waals surface area (Å²) in [6, 6.07) is 12.8. The summed E-state index contributed by atoms with van der Waals surface area (Å²) in [5, 5.41) is 2.56. The van der Waals surface area contributed by atoms with Crippen molar-refractivity contribution in [3.05, 3.63) is 42.0 Å². The monoisotopic (exact) mass is 266 g/mol. The van der Waals surface area contributed by atoms with Crippen molar-refractivity contribution in [3.8, 4) is 0 Å². The Morgan fingerprint density at radius 3 is 2.50 bits per heavy atom. The number of hydrogen-bond acceptors (Lipinski definition) is 3. The highest BCUT2D eigenvalue weighted by Crippen LogP contribution is 2.36. The van der Waals surface area contributed by atoms with Crippen molar-refractivity contribution in [1.82, 2.24) is 4.90 Å². The van der Waals surface area contributed by atoms with Crippen LogP contribution in [0.15, 0.2) is 41.4 Å². The van der Waals surface area contributed by atoms with Gasteiger partial charge in [0.2, 0.25) is 0 Å². The normalized spacial score (nSPS) is 25.1. The van der Waals surface area contributed by atoms with Gasteiger partial charge in [0, 0.05) is 24.0 Å². The quantitative estimate of drug-likeness (QED) is 0.730. The van der Waals surface area contributed by atoms with Crippen LogP contribution < -0.4 is 0 Å². The van der Waals surface area contributed by atoms with Crippen LogP contribution in [0.4, 0.5) is 5.69 Å². The summed E-state index contributed by atoms with van der Waals surface area (Å²) in [6.45, 7) is 6.08. The number of amidine groups is 1. The van der Waals surface area contributed by atoms with Gasteiger partial charge in [-0.25, -0.2) is 4.99 Å². The summed E-state index contributed by atoms with van der Waals surface area (Å²) in [6.07, 6.45) is 0.508. The van der Waals surface area contributed by atoms with Gasteiger partial charge in [-0.2, -0.15) is 0 Å². The summed E-state index contributed by atoms with van der Waals surface area (Å²) < 4.78 is 5.83. The molecule has 20 heavy (non-hydrogen) atoms. The third-order valence-corrected chi connectivity index (χ3v) is 4.07. The number of hydrogen-bond donors (Lipinski definition) is 0. The highest BCUT2D eigenvalue weighted by molar-refractivity contribution is 6.18. The first-order valence-electron chi connectivity index (χ1n) is 7.23. The van der Waals surface area contributed by atoms with Crippen LogP contribution in [0.5, 0.6) is 0 Å². The molecule has 2 heterocycles. The zero-order valence-electron chi connectivity index (χ0n) is 11.8. The lowest BCUT2D eigenvalue weighted by Crippen LogP contribution is -2.48. The van der Waals surface area contributed by atoms with Gasteiger partial charge in [0.05, 0.1) is 17.9 Å². The molecule has 3 nitrogen and oxygen atoms in total. The van der Waals surface area contributed by atoms with E-state index in [-0.39, 0.29) is 12.2 Å². The van der Waals surface area contributed by atoms with Gasteiger partial charge in [-0.1, -0.05) is 30.3 Å². The fraction of sp³-hybridized carbons (Fsp3) is 0.353. The average molecular weight is 266 g/mol. The number of benzene rings is 2. The van der Waals surface area contributed by atoms with Crippen LogP contribution >= 0.6 is 0 Å². The molecule has 102 valence electrons. The van der Waals surface area contributed by atoms with E-state index >= 15 is 0 Å². The highest BCUT2D eigenvalue weighted by atomic mass is 16.5. The van der Waals surface area contributed by atoms with E-state index in [1.54, 1.807) is 0 Å². The van der Waals surface area contributed by atoms with Gasteiger partial charge in [-0.3, -0.25) is 0 Å². The second kappa shape index (κ2) is 4.32. The lowest BCUT2D eigenvalue weighted by molar-refractivity contribution is -0.0478. The molecule has 1 saturated heterocycles. The maximum Gasteiger partial charge on any atom is 0.137 e. The molecule has 2 aromatic carbocycles. The van der Waals surface area contributed by atoms with E-state index in [1.165, 1.54) is 16.3 Å². The number of nitrogens with zero attached hydrogens (tertiary/aromatic N) is 2. The van der Waals surface area contributed by atoms with Crippen molar-refractivity contribution in [2.24, 2.45) is 4.99 Å². The van der Waals surface area contributed by atoms with Crippen LogP contribution in [0.3, 0.4) is 0 Å². The van der Waals surface area contributed by atoms with Crippen LogP contribution in [0.1, 0.15) is 19.4 Å². The predicted molar refractivity (Wildman–Crippen MR) is 81.7 cm³/mol. The van der Waals surface area contributed by atoms with E-state index in [0.717, 1.165) is 24.6 Å². The predicted octanol–water partition coefficient (Wildman–Crippen LogP) is 3.34. The average Bonchev–Trinajstić information content (AvgIpc) is 2.80. The zero-order chi connectivity index (χ0) is 13.7. The molecule has 0 aliphatic carbocycles. The van der Waals surface area contributed by atoms with Gasteiger partial charge in [-0.15, -0.1) is 0 Å². The topological polar surface area (TPSA) is 24.8 Å². The van der Waals surface area contributed by atoms with E-state index in [4.69, 9.17) is 9.73 Å². The van der Waals surface area contributed by atoms with Crippen LogP contribution in [0, 0.1) is 0 Å². The van der Waals surface area contributed by atoms with Gasteiger partial charge in [-0.05, 0) is 25.3 Å². The van der Waals surface area contributed by atoms with Gasteiger partial charge in [0.15, 0.2) is 0 Å². The van der Waals surface area contributed by atoms with E-state index in [1.807, 2.05) is 0 Å². The van der Waals surface area contributed by atoms with Gasteiger partial charge >= 0.3 is 0 Å². The fourth-order valence-corrected chi connectivity index (χ4v) is 3.37. The molecule has 0 radical (unpaired) electrons. The van der Waals surface area contributed by atoms with E-state index in [0.29, 0.717) is 0 Å². The van der Waals surface area contributed by atoms with Crippen LogP contribution in [-0.2, 0) is 4.74 Å². The van der Waals surface area contributed by atoms with E-state index in [2.05, 4.69) is 55.1 Å². The Morgan fingerprint density at radius 2 is 1.75 bits per heavy atom. The van der Waals surface area contributed by atoms with E-state index in [9.17, 15) is 0 Å². The highest BCUT2D eigenvalue weighted by Gasteiger charge is 2.29. The second-order valence-electron chi connectivity index (χ2n) is 5.78. The number of morpholine rings is 1. The van der Waals surface area contributed by atoms with Crippen molar-refractivity contribution < 1.29 is 4.74 Å². The maximum atomic E-state index is 5.83. The summed E-state index contributed by atoms with van der Waals surface area (Å²) in [4.78, 5) is 7.24. The third kappa shape index (κ3) is 1.74. The summed E-state index contributed by atoms with van der Waals surface area (Å²) in [5.41, 5.74) is 2.36. The Bertz CT molecular complexity index is 692. The molecule has 2 aliphatic rings. The molecule has 0 aromatic heterocycles. The minimum atomic E-state index is 0.254. The number of ether oxygens (including phenoxy) is 1. The Hall–Kier alpha value is -1.87. The first-order valence-corrected chi connectivity index (χ1v) is 7.23. The molecule has 0 amide bonds. The van der Waals surface area contributed by atoms with Gasteiger partial charge in [0.1, 0.15) is 5.84 Å². The molecule has 0 unspecified atom stereocenters. The molecule has 3 heteroatoms. The molecule has 2 aromatic rings. The van der Waals surface area contributed by atoms with Crippen LogP contribution in [0.25, 0.3) is 10.8 Å². The summed E-state index contributed by atoms with van der Waals surface area (Å²) in [7, 11) is 0. The lowest BCUT2D eigenvalue weighted by Gasteiger charge is -2.36. The first-order chi connectivity index (χ1) is 9.72. The summed E-state index contributed by atoms with van der Waals surface area (Å²) >= 11 is 0. The zero-order valence-corrected chi connectivity index (χ0v) is 11.8. The van der Waals surface area contributed by atoms with Crippen LogP contribution in [-0.4, -0.2) is 36.0 Å². The van der Waals surface area contributed by atoms with Crippen molar-refractivity contribution >= 4 is 22.3 Å². The maximum absolute atomic E-state index is 5.83. The molecule has 2 aliphatic heterocycles. The molecule has 0 saturated carbocycles. The lowest BCUT2D eigenvalue weighted by atomic mass is 10.0. The first kappa shape index (κ1) is 11.9. The fourth-order valence-electron chi connectivity index (χ4n) is 3.37. The molecule has 0 bridgehead atoms. The molecule has 0 spiro atoms. The molecule has 4 rings (SSSR count). The second-order valence-corrected chi connectivity index (χ2v) is 5.78. The largest absolute Gasteiger partial charge is 0.372 e. The molecular weight excluding hydrogens is 248 g/mol. The minimum absolute atomic E-state index is 0.254. The smallest absolute Gasteiger partial charge is 0.137 e. The third-order valence-electron chi connectivity index (χ3n) is 4.07. The van der Waals surface area contributed by atoms with Crippen molar-refractivity contribution in [2.45, 2.75) is 26.1 Å². The van der Waals surface area contributed by atoms with Crippen molar-refractivity contribution in [3.63, 3.8) is 0 Å². The standard InChI is InChI=1S/C17H18N2O/c1-11-9-19(10-12(2)20-11)17-14-7-3-5-13-6-4-8-15(18-17)16(13)14/h3-8,11-12H,9-10H2,1-2H3/t11-,12+. The van der Waals surface area contributed by atoms with Crippen molar-refractivity contribution in [1.29, 1.82) is 0 Å². The minimum Gasteiger partial charge on any atom is -0.372 e. The molecular formula is C17H18N2O. The number of rotatable bonds is 0. The van der Waals surface area contributed by atoms with Gasteiger partial charge in [0.25, 0.3) is 0 Å². The Balaban J connectivity index is 1.80. The Morgan fingerprint density at radius 1 is 1.05 bits per heavy atom. The van der Waals surface area contributed by atoms with Crippen molar-refractivity contribution in [2.75, 3.05) is 13.1 Å². The number of aliphatic imine (C=N–C) groups is 1.